The summed E-state index contributed by atoms with van der Waals surface area (Å²) in [6.07, 6.45) is 0.163. The van der Waals surface area contributed by atoms with E-state index in [1.807, 2.05) is 49.4 Å². The number of aromatic nitrogens is 1. The zero-order valence-electron chi connectivity index (χ0n) is 19.4. The highest BCUT2D eigenvalue weighted by Gasteiger charge is 2.23. The summed E-state index contributed by atoms with van der Waals surface area (Å²) in [6, 6.07) is 18.1. The average molecular weight is 513 g/mol. The Labute approximate surface area is 207 Å². The summed E-state index contributed by atoms with van der Waals surface area (Å²) in [5.41, 5.74) is 2.65. The van der Waals surface area contributed by atoms with E-state index in [-0.39, 0.29) is 29.4 Å². The van der Waals surface area contributed by atoms with Gasteiger partial charge in [-0.05, 0) is 54.8 Å². The van der Waals surface area contributed by atoms with E-state index in [0.29, 0.717) is 22.9 Å². The average Bonchev–Trinajstić information content (AvgIpc) is 3.30. The van der Waals surface area contributed by atoms with Gasteiger partial charge in [0.15, 0.2) is 15.0 Å². The number of fused-ring (bicyclic) bond motifs is 1. The molecule has 0 atom stereocenters. The van der Waals surface area contributed by atoms with E-state index in [1.54, 1.807) is 12.0 Å². The number of nitrogens with zero attached hydrogens (tertiary/aromatic N) is 2. The maximum atomic E-state index is 13.3. The Hall–Kier alpha value is -3.30. The van der Waals surface area contributed by atoms with E-state index in [1.165, 1.54) is 23.5 Å². The van der Waals surface area contributed by atoms with Gasteiger partial charge in [0.2, 0.25) is 5.91 Å². The molecule has 1 heterocycles. The first-order valence-corrected chi connectivity index (χ1v) is 13.5. The molecule has 4 rings (SSSR count). The molecule has 0 fully saturated rings. The zero-order valence-corrected chi connectivity index (χ0v) is 21.0. The number of halogens is 1. The third-order valence-electron chi connectivity index (χ3n) is 5.60. The van der Waals surface area contributed by atoms with Crippen molar-refractivity contribution in [1.82, 2.24) is 4.98 Å². The molecule has 0 saturated heterocycles. The molecule has 0 unspecified atom stereocenters. The van der Waals surface area contributed by atoms with E-state index in [4.69, 9.17) is 9.72 Å². The predicted octanol–water partition coefficient (Wildman–Crippen LogP) is 5.54. The van der Waals surface area contributed by atoms with Gasteiger partial charge >= 0.3 is 0 Å². The fraction of sp³-hybridized carbons (Fsp3) is 0.231. The van der Waals surface area contributed by atoms with Gasteiger partial charge in [0.05, 0.1) is 29.0 Å². The highest BCUT2D eigenvalue weighted by Crippen LogP contribution is 2.37. The standard InChI is InChI=1S/C26H25FN2O4S2/c1-18-10-15-22(33-2)24-25(18)34-26(28-24)29(17-19-7-4-3-5-8-19)23(30)9-6-16-35(31,32)21-13-11-20(27)12-14-21/h3-5,7-8,10-15H,6,9,16-17H2,1-2H3. The third-order valence-corrected chi connectivity index (χ3v) is 8.63. The molecule has 0 bridgehead atoms. The molecular formula is C26H25FN2O4S2. The van der Waals surface area contributed by atoms with Gasteiger partial charge in [0.25, 0.3) is 0 Å². The molecule has 0 aliphatic rings. The van der Waals surface area contributed by atoms with Gasteiger partial charge in [0.1, 0.15) is 17.1 Å². The molecule has 9 heteroatoms. The van der Waals surface area contributed by atoms with Crippen LogP contribution in [0.1, 0.15) is 24.0 Å². The first-order valence-electron chi connectivity index (χ1n) is 11.1. The van der Waals surface area contributed by atoms with Crippen molar-refractivity contribution >= 4 is 42.4 Å². The molecule has 1 aromatic heterocycles. The quantitative estimate of drug-likeness (QED) is 0.275. The topological polar surface area (TPSA) is 76.6 Å². The number of carbonyl (C=O) groups excluding carboxylic acids is 1. The number of carbonyl (C=O) groups is 1. The molecule has 1 amide bonds. The lowest BCUT2D eigenvalue weighted by atomic mass is 10.2. The van der Waals surface area contributed by atoms with E-state index >= 15 is 0 Å². The lowest BCUT2D eigenvalue weighted by Gasteiger charge is -2.20. The normalized spacial score (nSPS) is 11.5. The van der Waals surface area contributed by atoms with Crippen molar-refractivity contribution in [2.24, 2.45) is 0 Å². The number of methoxy groups -OCH3 is 1. The maximum Gasteiger partial charge on any atom is 0.229 e. The van der Waals surface area contributed by atoms with Gasteiger partial charge in [-0.15, -0.1) is 0 Å². The molecule has 6 nitrogen and oxygen atoms in total. The van der Waals surface area contributed by atoms with Crippen molar-refractivity contribution < 1.29 is 22.3 Å². The maximum absolute atomic E-state index is 13.3. The summed E-state index contributed by atoms with van der Waals surface area (Å²) in [6.45, 7) is 2.29. The Balaban J connectivity index is 1.57. The van der Waals surface area contributed by atoms with Crippen molar-refractivity contribution in [1.29, 1.82) is 0 Å². The van der Waals surface area contributed by atoms with Crippen molar-refractivity contribution in [2.75, 3.05) is 17.8 Å². The number of sulfone groups is 1. The second-order valence-electron chi connectivity index (χ2n) is 8.10. The van der Waals surface area contributed by atoms with Crippen LogP contribution in [-0.2, 0) is 21.2 Å². The summed E-state index contributed by atoms with van der Waals surface area (Å²) < 4.78 is 44.8. The molecule has 0 aliphatic carbocycles. The summed E-state index contributed by atoms with van der Waals surface area (Å²) in [4.78, 5) is 19.7. The van der Waals surface area contributed by atoms with Gasteiger partial charge in [-0.25, -0.2) is 17.8 Å². The van der Waals surface area contributed by atoms with Crippen LogP contribution in [0.4, 0.5) is 9.52 Å². The Bertz CT molecular complexity index is 1440. The summed E-state index contributed by atoms with van der Waals surface area (Å²) in [7, 11) is -2.04. The molecule has 0 saturated carbocycles. The van der Waals surface area contributed by atoms with Crippen LogP contribution < -0.4 is 9.64 Å². The van der Waals surface area contributed by atoms with Crippen LogP contribution in [0.15, 0.2) is 71.6 Å². The fourth-order valence-electron chi connectivity index (χ4n) is 3.72. The SMILES string of the molecule is COc1ccc(C)c2sc(N(Cc3ccccc3)C(=O)CCCS(=O)(=O)c3ccc(F)cc3)nc12. The van der Waals surface area contributed by atoms with Crippen molar-refractivity contribution in [2.45, 2.75) is 31.2 Å². The molecule has 3 aromatic carbocycles. The van der Waals surface area contributed by atoms with Gasteiger partial charge in [-0.1, -0.05) is 47.7 Å². The Kier molecular flexibility index (Phi) is 7.47. The van der Waals surface area contributed by atoms with E-state index < -0.39 is 15.7 Å². The third kappa shape index (κ3) is 5.68. The molecule has 182 valence electrons. The van der Waals surface area contributed by atoms with E-state index in [2.05, 4.69) is 0 Å². The monoisotopic (exact) mass is 512 g/mol. The Morgan fingerprint density at radius 3 is 2.46 bits per heavy atom. The van der Waals surface area contributed by atoms with Crippen LogP contribution in [0, 0.1) is 12.7 Å². The van der Waals surface area contributed by atoms with Gasteiger partial charge < -0.3 is 4.74 Å². The minimum atomic E-state index is -3.62. The van der Waals surface area contributed by atoms with E-state index in [9.17, 15) is 17.6 Å². The summed E-state index contributed by atoms with van der Waals surface area (Å²) >= 11 is 1.41. The highest BCUT2D eigenvalue weighted by molar-refractivity contribution is 7.91. The lowest BCUT2D eigenvalue weighted by molar-refractivity contribution is -0.118. The predicted molar refractivity (Wildman–Crippen MR) is 136 cm³/mol. The second-order valence-corrected chi connectivity index (χ2v) is 11.2. The van der Waals surface area contributed by atoms with Crippen molar-refractivity contribution in [3.8, 4) is 5.75 Å². The van der Waals surface area contributed by atoms with Crippen LogP contribution in [0.25, 0.3) is 10.2 Å². The van der Waals surface area contributed by atoms with Crippen molar-refractivity contribution in [3.05, 3.63) is 83.7 Å². The first kappa shape index (κ1) is 24.8. The van der Waals surface area contributed by atoms with E-state index in [0.717, 1.165) is 28.0 Å². The van der Waals surface area contributed by atoms with Crippen molar-refractivity contribution in [3.63, 3.8) is 0 Å². The molecule has 0 N–H and O–H groups in total. The van der Waals surface area contributed by atoms with Crippen LogP contribution >= 0.6 is 11.3 Å². The number of hydrogen-bond donors (Lipinski definition) is 0. The zero-order chi connectivity index (χ0) is 25.0. The molecule has 4 aromatic rings. The lowest BCUT2D eigenvalue weighted by Crippen LogP contribution is -2.30. The van der Waals surface area contributed by atoms with Crippen LogP contribution in [0.3, 0.4) is 0 Å². The number of hydrogen-bond acceptors (Lipinski definition) is 6. The number of aryl methyl sites for hydroxylation is 1. The van der Waals surface area contributed by atoms with Gasteiger partial charge in [0, 0.05) is 6.42 Å². The number of benzene rings is 3. The molecule has 0 aliphatic heterocycles. The van der Waals surface area contributed by atoms with Crippen LogP contribution in [0.2, 0.25) is 0 Å². The molecule has 0 radical (unpaired) electrons. The highest BCUT2D eigenvalue weighted by atomic mass is 32.2. The molecule has 0 spiro atoms. The number of ether oxygens (including phenoxy) is 1. The number of rotatable bonds is 9. The van der Waals surface area contributed by atoms with Gasteiger partial charge in [-0.3, -0.25) is 9.69 Å². The second kappa shape index (κ2) is 10.5. The Morgan fingerprint density at radius 1 is 1.06 bits per heavy atom. The van der Waals surface area contributed by atoms with Crippen LogP contribution in [0.5, 0.6) is 5.75 Å². The minimum Gasteiger partial charge on any atom is -0.494 e. The first-order chi connectivity index (χ1) is 16.8. The fourth-order valence-corrected chi connectivity index (χ4v) is 6.09. The minimum absolute atomic E-state index is 0.0271. The molecular weight excluding hydrogens is 487 g/mol. The Morgan fingerprint density at radius 2 is 1.77 bits per heavy atom. The molecule has 35 heavy (non-hydrogen) atoms. The van der Waals surface area contributed by atoms with Crippen LogP contribution in [-0.4, -0.2) is 32.2 Å². The van der Waals surface area contributed by atoms with Gasteiger partial charge in [-0.2, -0.15) is 0 Å². The smallest absolute Gasteiger partial charge is 0.229 e. The summed E-state index contributed by atoms with van der Waals surface area (Å²) in [5, 5.41) is 0.530. The number of amides is 1. The summed E-state index contributed by atoms with van der Waals surface area (Å²) in [5.74, 6) is -0.307. The largest absolute Gasteiger partial charge is 0.494 e. The number of anilines is 1. The number of thiazole rings is 1.